The number of carboxylic acid groups (broad SMARTS) is 1. The van der Waals surface area contributed by atoms with Gasteiger partial charge >= 0.3 is 6.09 Å². The summed E-state index contributed by atoms with van der Waals surface area (Å²) in [6, 6.07) is 8.15. The normalized spacial score (nSPS) is 31.7. The second-order valence-corrected chi connectivity index (χ2v) is 9.85. The molecule has 3 saturated heterocycles. The van der Waals surface area contributed by atoms with Crippen LogP contribution in [0, 0.1) is 17.3 Å². The van der Waals surface area contributed by atoms with Crippen molar-refractivity contribution in [3.63, 3.8) is 0 Å². The molecule has 1 saturated carbocycles. The van der Waals surface area contributed by atoms with E-state index < -0.39 is 11.6 Å². The molecule has 0 spiro atoms. The van der Waals surface area contributed by atoms with Gasteiger partial charge < -0.3 is 15.3 Å². The van der Waals surface area contributed by atoms with Gasteiger partial charge in [0.1, 0.15) is 5.54 Å². The Morgan fingerprint density at radius 1 is 1.21 bits per heavy atom. The second kappa shape index (κ2) is 6.75. The number of piperidine rings is 3. The monoisotopic (exact) mass is 399 g/mol. The minimum Gasteiger partial charge on any atom is -0.465 e. The number of anilines is 1. The third-order valence-electron chi connectivity index (χ3n) is 6.95. The van der Waals surface area contributed by atoms with Crippen molar-refractivity contribution in [2.24, 2.45) is 17.3 Å². The number of fused-ring (bicyclic) bond motifs is 2. The maximum absolute atomic E-state index is 12.3. The molecule has 1 aromatic rings. The Morgan fingerprint density at radius 3 is 2.41 bits per heavy atom. The lowest BCUT2D eigenvalue weighted by molar-refractivity contribution is -0.148. The third kappa shape index (κ3) is 3.47. The van der Waals surface area contributed by atoms with Crippen molar-refractivity contribution in [2.45, 2.75) is 51.5 Å². The van der Waals surface area contributed by atoms with E-state index in [2.05, 4.69) is 43.5 Å². The number of nitrogens with one attached hydrogen (secondary N) is 2. The minimum atomic E-state index is -0.848. The zero-order valence-electron chi connectivity index (χ0n) is 17.2. The molecule has 7 heteroatoms. The predicted octanol–water partition coefficient (Wildman–Crippen LogP) is 3.03. The van der Waals surface area contributed by atoms with Gasteiger partial charge in [-0.25, -0.2) is 4.79 Å². The first kappa shape index (κ1) is 19.7. The molecule has 5 rings (SSSR count). The average molecular weight is 399 g/mol. The van der Waals surface area contributed by atoms with Crippen LogP contribution >= 0.6 is 0 Å². The highest BCUT2D eigenvalue weighted by atomic mass is 16.4. The molecule has 4 fully saturated rings. The van der Waals surface area contributed by atoms with E-state index in [0.717, 1.165) is 12.1 Å². The van der Waals surface area contributed by atoms with Crippen LogP contribution in [0.25, 0.3) is 0 Å². The van der Waals surface area contributed by atoms with Gasteiger partial charge in [0.15, 0.2) is 0 Å². The maximum Gasteiger partial charge on any atom is 0.407 e. The van der Waals surface area contributed by atoms with Crippen LogP contribution in [0.4, 0.5) is 10.5 Å². The number of hydrogen-bond donors (Lipinski definition) is 3. The third-order valence-corrected chi connectivity index (χ3v) is 6.95. The van der Waals surface area contributed by atoms with Gasteiger partial charge in [0.05, 0.1) is 0 Å². The largest absolute Gasteiger partial charge is 0.465 e. The Kier molecular flexibility index (Phi) is 4.59. The summed E-state index contributed by atoms with van der Waals surface area (Å²) in [7, 11) is 0. The number of hydrogen-bond acceptors (Lipinski definition) is 4. The fourth-order valence-electron chi connectivity index (χ4n) is 5.14. The summed E-state index contributed by atoms with van der Waals surface area (Å²) in [4.78, 5) is 36.9. The van der Waals surface area contributed by atoms with E-state index in [1.807, 2.05) is 12.1 Å². The smallest absolute Gasteiger partial charge is 0.407 e. The van der Waals surface area contributed by atoms with E-state index in [-0.39, 0.29) is 29.1 Å². The molecular weight excluding hydrogens is 370 g/mol. The van der Waals surface area contributed by atoms with Crippen LogP contribution in [0.5, 0.6) is 0 Å². The fourth-order valence-corrected chi connectivity index (χ4v) is 5.14. The molecule has 2 atom stereocenters. The topological polar surface area (TPSA) is 98.7 Å². The van der Waals surface area contributed by atoms with Crippen molar-refractivity contribution in [3.8, 4) is 0 Å². The van der Waals surface area contributed by atoms with Gasteiger partial charge in [-0.2, -0.15) is 0 Å². The first-order chi connectivity index (χ1) is 13.6. The average Bonchev–Trinajstić information content (AvgIpc) is 2.62. The Bertz CT molecular complexity index is 837. The van der Waals surface area contributed by atoms with Gasteiger partial charge in [-0.05, 0) is 54.2 Å². The van der Waals surface area contributed by atoms with Crippen molar-refractivity contribution in [1.29, 1.82) is 0 Å². The van der Waals surface area contributed by atoms with Crippen molar-refractivity contribution >= 4 is 23.6 Å². The molecule has 3 aliphatic heterocycles. The van der Waals surface area contributed by atoms with Crippen LogP contribution in [0.3, 0.4) is 0 Å². The van der Waals surface area contributed by atoms with Crippen LogP contribution in [0.2, 0.25) is 0 Å². The maximum atomic E-state index is 12.3. The standard InChI is InChI=1S/C22H29N3O4/c1-21(2,3)17-12-25(20(28)29)9-8-16(17)13-4-6-15(7-5-13)24-22-10-14(11-22)18(26)23-19(22)27/h4-7,14,16-17,24H,8-12H2,1-3H3,(H,28,29)(H,23,26,27). The summed E-state index contributed by atoms with van der Waals surface area (Å²) in [5, 5.41) is 15.2. The van der Waals surface area contributed by atoms with E-state index in [4.69, 9.17) is 0 Å². The van der Waals surface area contributed by atoms with Gasteiger partial charge in [-0.1, -0.05) is 32.9 Å². The quantitative estimate of drug-likeness (QED) is 0.679. The molecule has 2 unspecified atom stereocenters. The van der Waals surface area contributed by atoms with Crippen LogP contribution in [0.1, 0.15) is 51.5 Å². The fraction of sp³-hybridized carbons (Fsp3) is 0.591. The molecule has 2 bridgehead atoms. The molecule has 4 aliphatic rings. The molecule has 0 radical (unpaired) electrons. The Hall–Kier alpha value is -2.57. The van der Waals surface area contributed by atoms with E-state index in [9.17, 15) is 19.5 Å². The highest BCUT2D eigenvalue weighted by molar-refractivity contribution is 6.08. The van der Waals surface area contributed by atoms with Gasteiger partial charge in [0.25, 0.3) is 5.91 Å². The molecule has 29 heavy (non-hydrogen) atoms. The van der Waals surface area contributed by atoms with Crippen molar-refractivity contribution < 1.29 is 19.5 Å². The predicted molar refractivity (Wildman–Crippen MR) is 109 cm³/mol. The van der Waals surface area contributed by atoms with Crippen molar-refractivity contribution in [2.75, 3.05) is 18.4 Å². The van der Waals surface area contributed by atoms with Gasteiger partial charge in [-0.15, -0.1) is 0 Å². The zero-order chi connectivity index (χ0) is 21.0. The van der Waals surface area contributed by atoms with Crippen molar-refractivity contribution in [3.05, 3.63) is 29.8 Å². The summed E-state index contributed by atoms with van der Waals surface area (Å²) >= 11 is 0. The summed E-state index contributed by atoms with van der Waals surface area (Å²) in [5.74, 6) is 0.0677. The summed E-state index contributed by atoms with van der Waals surface area (Å²) in [6.45, 7) is 7.59. The minimum absolute atomic E-state index is 0.0116. The van der Waals surface area contributed by atoms with E-state index >= 15 is 0 Å². The highest BCUT2D eigenvalue weighted by Gasteiger charge is 2.57. The number of benzene rings is 1. The number of likely N-dealkylation sites (tertiary alicyclic amines) is 1. The first-order valence-corrected chi connectivity index (χ1v) is 10.3. The Labute approximate surface area is 170 Å². The molecule has 7 nitrogen and oxygen atoms in total. The molecule has 156 valence electrons. The lowest BCUT2D eigenvalue weighted by Gasteiger charge is -2.50. The SMILES string of the molecule is CC(C)(C)C1CN(C(=O)O)CCC1c1ccc(NC23CC(C2)C(=O)NC3=O)cc1. The second-order valence-electron chi connectivity index (χ2n) is 9.85. The highest BCUT2D eigenvalue weighted by Crippen LogP contribution is 2.45. The van der Waals surface area contributed by atoms with Crippen LogP contribution in [0.15, 0.2) is 24.3 Å². The number of carbonyl (C=O) groups is 3. The van der Waals surface area contributed by atoms with E-state index in [1.54, 1.807) is 0 Å². The number of amides is 3. The Balaban J connectivity index is 1.49. The first-order valence-electron chi connectivity index (χ1n) is 10.3. The lowest BCUT2D eigenvalue weighted by atomic mass is 9.64. The number of nitrogens with zero attached hydrogens (tertiary/aromatic N) is 1. The molecule has 0 aromatic heterocycles. The molecule has 3 heterocycles. The summed E-state index contributed by atoms with van der Waals surface area (Å²) in [6.07, 6.45) is 1.06. The van der Waals surface area contributed by atoms with Crippen LogP contribution in [-0.4, -0.2) is 46.5 Å². The van der Waals surface area contributed by atoms with E-state index in [0.29, 0.717) is 31.8 Å². The summed E-state index contributed by atoms with van der Waals surface area (Å²) < 4.78 is 0. The molecule has 3 N–H and O–H groups in total. The molecular formula is C22H29N3O4. The van der Waals surface area contributed by atoms with Gasteiger partial charge in [-0.3, -0.25) is 14.9 Å². The number of rotatable bonds is 3. The van der Waals surface area contributed by atoms with Crippen molar-refractivity contribution in [1.82, 2.24) is 10.2 Å². The van der Waals surface area contributed by atoms with Gasteiger partial charge in [0, 0.05) is 24.7 Å². The zero-order valence-corrected chi connectivity index (χ0v) is 17.2. The number of carbonyl (C=O) groups excluding carboxylic acids is 2. The van der Waals surface area contributed by atoms with E-state index in [1.165, 1.54) is 10.5 Å². The number of imide groups is 1. The summed E-state index contributed by atoms with van der Waals surface area (Å²) in [5.41, 5.74) is 1.39. The molecule has 1 aliphatic carbocycles. The van der Waals surface area contributed by atoms with Gasteiger partial charge in [0.2, 0.25) is 5.91 Å². The van der Waals surface area contributed by atoms with Crippen LogP contribution < -0.4 is 10.6 Å². The molecule has 1 aromatic carbocycles. The lowest BCUT2D eigenvalue weighted by Crippen LogP contribution is -2.69. The Morgan fingerprint density at radius 2 is 1.86 bits per heavy atom. The molecule has 3 amide bonds. The van der Waals surface area contributed by atoms with Crippen LogP contribution in [-0.2, 0) is 9.59 Å².